The predicted octanol–water partition coefficient (Wildman–Crippen LogP) is 4.55. The van der Waals surface area contributed by atoms with Crippen molar-refractivity contribution < 1.29 is 27.8 Å². The first-order valence-corrected chi connectivity index (χ1v) is 8.59. The Balaban J connectivity index is 2.04. The highest BCUT2D eigenvalue weighted by Crippen LogP contribution is 2.44. The molecule has 0 unspecified atom stereocenters. The molecule has 0 bridgehead atoms. The molecule has 2 aromatic carbocycles. The lowest BCUT2D eigenvalue weighted by atomic mass is 9.72. The average Bonchev–Trinajstić information content (AvgIpc) is 2.62. The minimum absolute atomic E-state index is 0.140. The molecule has 1 aliphatic rings. The van der Waals surface area contributed by atoms with Crippen molar-refractivity contribution in [3.8, 4) is 11.5 Å². The molecule has 0 saturated carbocycles. The second kappa shape index (κ2) is 7.23. The third-order valence-electron chi connectivity index (χ3n) is 5.06. The molecule has 1 fully saturated rings. The Labute approximate surface area is 155 Å². The van der Waals surface area contributed by atoms with E-state index in [9.17, 15) is 23.1 Å². The minimum atomic E-state index is -4.57. The first kappa shape index (κ1) is 19.2. The van der Waals surface area contributed by atoms with E-state index in [4.69, 9.17) is 4.74 Å². The van der Waals surface area contributed by atoms with Gasteiger partial charge in [0.15, 0.2) is 0 Å². The standard InChI is InChI=1S/C20H20F3NO3/c1-24-12-10-19(11-13-24,18(25)26)14-6-2-4-8-16(14)27-17-9-5-3-7-15(17)20(21,22)23/h2-9H,10-13H2,1H3,(H,25,26). The van der Waals surface area contributed by atoms with Crippen molar-refractivity contribution in [1.82, 2.24) is 4.90 Å². The molecule has 1 aliphatic heterocycles. The van der Waals surface area contributed by atoms with Gasteiger partial charge >= 0.3 is 12.1 Å². The summed E-state index contributed by atoms with van der Waals surface area (Å²) in [5.74, 6) is -1.19. The number of alkyl halides is 3. The van der Waals surface area contributed by atoms with Gasteiger partial charge in [-0.3, -0.25) is 4.79 Å². The van der Waals surface area contributed by atoms with E-state index in [0.29, 0.717) is 31.5 Å². The van der Waals surface area contributed by atoms with Crippen LogP contribution in [-0.4, -0.2) is 36.1 Å². The first-order valence-electron chi connectivity index (χ1n) is 8.59. The van der Waals surface area contributed by atoms with Crippen LogP contribution in [0.15, 0.2) is 48.5 Å². The summed E-state index contributed by atoms with van der Waals surface area (Å²) in [5, 5.41) is 9.95. The number of para-hydroxylation sites is 2. The summed E-state index contributed by atoms with van der Waals surface area (Å²) in [6.07, 6.45) is -3.84. The van der Waals surface area contributed by atoms with E-state index in [-0.39, 0.29) is 11.5 Å². The predicted molar refractivity (Wildman–Crippen MR) is 94.0 cm³/mol. The molecule has 0 spiro atoms. The monoisotopic (exact) mass is 379 g/mol. The Kier molecular flexibility index (Phi) is 5.15. The van der Waals surface area contributed by atoms with E-state index >= 15 is 0 Å². The maximum atomic E-state index is 13.3. The number of hydrogen-bond acceptors (Lipinski definition) is 3. The van der Waals surface area contributed by atoms with Crippen molar-refractivity contribution in [2.45, 2.75) is 24.4 Å². The highest BCUT2D eigenvalue weighted by Gasteiger charge is 2.44. The molecule has 2 aromatic rings. The summed E-state index contributed by atoms with van der Waals surface area (Å²) in [5.41, 5.74) is -1.67. The van der Waals surface area contributed by atoms with E-state index in [1.807, 2.05) is 11.9 Å². The number of carboxylic acid groups (broad SMARTS) is 1. The molecule has 0 atom stereocenters. The number of rotatable bonds is 4. The second-order valence-electron chi connectivity index (χ2n) is 6.78. The van der Waals surface area contributed by atoms with Crippen molar-refractivity contribution in [3.63, 3.8) is 0 Å². The van der Waals surface area contributed by atoms with Crippen molar-refractivity contribution in [3.05, 3.63) is 59.7 Å². The van der Waals surface area contributed by atoms with Crippen LogP contribution in [0.3, 0.4) is 0 Å². The summed E-state index contributed by atoms with van der Waals surface area (Å²) in [6.45, 7) is 1.17. The average molecular weight is 379 g/mol. The van der Waals surface area contributed by atoms with Gasteiger partial charge in [0.05, 0.1) is 11.0 Å². The van der Waals surface area contributed by atoms with Crippen molar-refractivity contribution in [2.75, 3.05) is 20.1 Å². The number of likely N-dealkylation sites (tertiary alicyclic amines) is 1. The fourth-order valence-electron chi connectivity index (χ4n) is 3.46. The Morgan fingerprint density at radius 2 is 1.59 bits per heavy atom. The van der Waals surface area contributed by atoms with Crippen LogP contribution >= 0.6 is 0 Å². The molecule has 1 saturated heterocycles. The van der Waals surface area contributed by atoms with E-state index in [1.54, 1.807) is 18.2 Å². The molecule has 0 aromatic heterocycles. The highest BCUT2D eigenvalue weighted by atomic mass is 19.4. The lowest BCUT2D eigenvalue weighted by Crippen LogP contribution is -2.46. The SMILES string of the molecule is CN1CCC(C(=O)O)(c2ccccc2Oc2ccccc2C(F)(F)F)CC1. The molecule has 3 rings (SSSR count). The molecule has 1 N–H and O–H groups in total. The summed E-state index contributed by atoms with van der Waals surface area (Å²) in [4.78, 5) is 14.2. The maximum Gasteiger partial charge on any atom is 0.419 e. The van der Waals surface area contributed by atoms with Gasteiger partial charge in [-0.25, -0.2) is 0 Å². The third-order valence-corrected chi connectivity index (χ3v) is 5.06. The molecule has 1 heterocycles. The van der Waals surface area contributed by atoms with Crippen LogP contribution in [0, 0.1) is 0 Å². The number of halogens is 3. The Hall–Kier alpha value is -2.54. The zero-order valence-electron chi connectivity index (χ0n) is 14.8. The topological polar surface area (TPSA) is 49.8 Å². The van der Waals surface area contributed by atoms with Crippen LogP contribution in [0.2, 0.25) is 0 Å². The molecule has 7 heteroatoms. The molecule has 144 valence electrons. The zero-order valence-corrected chi connectivity index (χ0v) is 14.8. The van der Waals surface area contributed by atoms with Crippen LogP contribution < -0.4 is 4.74 Å². The van der Waals surface area contributed by atoms with Gasteiger partial charge in [0.2, 0.25) is 0 Å². The number of hydrogen-bond donors (Lipinski definition) is 1. The molecule has 0 radical (unpaired) electrons. The van der Waals surface area contributed by atoms with Gasteiger partial charge in [0, 0.05) is 5.56 Å². The third kappa shape index (κ3) is 3.78. The summed E-state index contributed by atoms with van der Waals surface area (Å²) >= 11 is 0. The van der Waals surface area contributed by atoms with Crippen LogP contribution in [0.25, 0.3) is 0 Å². The van der Waals surface area contributed by atoms with Crippen molar-refractivity contribution in [1.29, 1.82) is 0 Å². The molecular weight excluding hydrogens is 359 g/mol. The summed E-state index contributed by atoms with van der Waals surface area (Å²) < 4.78 is 45.4. The van der Waals surface area contributed by atoms with Crippen LogP contribution in [-0.2, 0) is 16.4 Å². The van der Waals surface area contributed by atoms with E-state index in [1.165, 1.54) is 24.3 Å². The first-order chi connectivity index (χ1) is 12.7. The van der Waals surface area contributed by atoms with Gasteiger partial charge in [-0.15, -0.1) is 0 Å². The maximum absolute atomic E-state index is 13.3. The number of aliphatic carboxylic acids is 1. The van der Waals surface area contributed by atoms with E-state index in [2.05, 4.69) is 0 Å². The number of ether oxygens (including phenoxy) is 1. The van der Waals surface area contributed by atoms with Crippen LogP contribution in [0.1, 0.15) is 24.0 Å². The fraction of sp³-hybridized carbons (Fsp3) is 0.350. The number of nitrogens with zero attached hydrogens (tertiary/aromatic N) is 1. The number of benzene rings is 2. The lowest BCUT2D eigenvalue weighted by Gasteiger charge is -2.38. The zero-order chi connectivity index (χ0) is 19.7. The smallest absolute Gasteiger partial charge is 0.419 e. The summed E-state index contributed by atoms with van der Waals surface area (Å²) in [6, 6.07) is 11.4. The van der Waals surface area contributed by atoms with Crippen molar-refractivity contribution >= 4 is 5.97 Å². The molecule has 4 nitrogen and oxygen atoms in total. The largest absolute Gasteiger partial charge is 0.481 e. The van der Waals surface area contributed by atoms with Gasteiger partial charge in [-0.05, 0) is 51.2 Å². The van der Waals surface area contributed by atoms with Crippen molar-refractivity contribution in [2.24, 2.45) is 0 Å². The van der Waals surface area contributed by atoms with Gasteiger partial charge < -0.3 is 14.7 Å². The van der Waals surface area contributed by atoms with E-state index in [0.717, 1.165) is 6.07 Å². The Bertz CT molecular complexity index is 827. The lowest BCUT2D eigenvalue weighted by molar-refractivity contribution is -0.146. The normalized spacial score (nSPS) is 17.5. The second-order valence-corrected chi connectivity index (χ2v) is 6.78. The fourth-order valence-corrected chi connectivity index (χ4v) is 3.46. The van der Waals surface area contributed by atoms with Crippen LogP contribution in [0.5, 0.6) is 11.5 Å². The van der Waals surface area contributed by atoms with Crippen LogP contribution in [0.4, 0.5) is 13.2 Å². The van der Waals surface area contributed by atoms with Gasteiger partial charge in [0.1, 0.15) is 11.5 Å². The minimum Gasteiger partial charge on any atom is -0.481 e. The van der Waals surface area contributed by atoms with Gasteiger partial charge in [-0.2, -0.15) is 13.2 Å². The summed E-state index contributed by atoms with van der Waals surface area (Å²) in [7, 11) is 1.91. The van der Waals surface area contributed by atoms with E-state index < -0.39 is 23.1 Å². The number of carboxylic acids is 1. The molecular formula is C20H20F3NO3. The highest BCUT2D eigenvalue weighted by molar-refractivity contribution is 5.83. The quantitative estimate of drug-likeness (QED) is 0.847. The van der Waals surface area contributed by atoms with Gasteiger partial charge in [-0.1, -0.05) is 30.3 Å². The van der Waals surface area contributed by atoms with Gasteiger partial charge in [0.25, 0.3) is 0 Å². The Morgan fingerprint density at radius 1 is 1.04 bits per heavy atom. The molecule has 27 heavy (non-hydrogen) atoms. The molecule has 0 aliphatic carbocycles. The molecule has 0 amide bonds. The number of piperidine rings is 1. The Morgan fingerprint density at radius 3 is 2.19 bits per heavy atom. The number of carbonyl (C=O) groups is 1.